The van der Waals surface area contributed by atoms with Crippen molar-refractivity contribution in [3.8, 4) is 5.75 Å². The average Bonchev–Trinajstić information content (AvgIpc) is 2.20. The summed E-state index contributed by atoms with van der Waals surface area (Å²) in [5.41, 5.74) is 3.21. The minimum absolute atomic E-state index is 0.510. The molecule has 0 bridgehead atoms. The van der Waals surface area contributed by atoms with Gasteiger partial charge in [0.15, 0.2) is 0 Å². The molecule has 3 nitrogen and oxygen atoms in total. The Bertz CT molecular complexity index is 361. The molecule has 1 N–H and O–H groups in total. The van der Waals surface area contributed by atoms with Crippen LogP contribution in [0.3, 0.4) is 0 Å². The van der Waals surface area contributed by atoms with Gasteiger partial charge in [-0.2, -0.15) is 0 Å². The summed E-state index contributed by atoms with van der Waals surface area (Å²) in [5, 5.41) is 10.1. The lowest BCUT2D eigenvalue weighted by molar-refractivity contribution is 0.135. The number of hydrogen-bond acceptors (Lipinski definition) is 3. The van der Waals surface area contributed by atoms with Gasteiger partial charge in [0.1, 0.15) is 5.75 Å². The fourth-order valence-corrected chi connectivity index (χ4v) is 1.69. The minimum Gasteiger partial charge on any atom is -0.496 e. The second kappa shape index (κ2) is 5.32. The number of rotatable bonds is 4. The van der Waals surface area contributed by atoms with Gasteiger partial charge in [-0.3, -0.25) is 0 Å². The molecule has 16 heavy (non-hydrogen) atoms. The van der Waals surface area contributed by atoms with E-state index in [2.05, 4.69) is 0 Å². The normalized spacial score (nSPS) is 12.9. The van der Waals surface area contributed by atoms with Gasteiger partial charge in [0.2, 0.25) is 0 Å². The van der Waals surface area contributed by atoms with Gasteiger partial charge >= 0.3 is 0 Å². The molecule has 1 rings (SSSR count). The number of ether oxygens (including phenoxy) is 1. The van der Waals surface area contributed by atoms with E-state index in [9.17, 15) is 5.11 Å². The Morgan fingerprint density at radius 2 is 1.81 bits per heavy atom. The van der Waals surface area contributed by atoms with Crippen LogP contribution < -0.4 is 4.74 Å². The molecule has 1 aromatic rings. The van der Waals surface area contributed by atoms with Gasteiger partial charge in [0.25, 0.3) is 0 Å². The van der Waals surface area contributed by atoms with Crippen molar-refractivity contribution in [2.45, 2.75) is 20.0 Å². The molecular formula is C13H21NO2. The highest BCUT2D eigenvalue weighted by Gasteiger charge is 2.15. The predicted molar refractivity (Wildman–Crippen MR) is 66.0 cm³/mol. The Labute approximate surface area is 97.7 Å². The van der Waals surface area contributed by atoms with Crippen molar-refractivity contribution < 1.29 is 9.84 Å². The topological polar surface area (TPSA) is 32.7 Å². The third-order valence-electron chi connectivity index (χ3n) is 2.74. The molecule has 0 aliphatic heterocycles. The van der Waals surface area contributed by atoms with E-state index >= 15 is 0 Å². The average molecular weight is 223 g/mol. The SMILES string of the molecule is COc1cc(C)c(C)cc1C(O)CN(C)C. The van der Waals surface area contributed by atoms with Crippen molar-refractivity contribution in [3.05, 3.63) is 28.8 Å². The van der Waals surface area contributed by atoms with Crippen LogP contribution in [-0.2, 0) is 0 Å². The largest absolute Gasteiger partial charge is 0.496 e. The summed E-state index contributed by atoms with van der Waals surface area (Å²) >= 11 is 0. The monoisotopic (exact) mass is 223 g/mol. The number of nitrogens with zero attached hydrogens (tertiary/aromatic N) is 1. The summed E-state index contributed by atoms with van der Waals surface area (Å²) in [6.45, 7) is 4.68. The quantitative estimate of drug-likeness (QED) is 0.846. The van der Waals surface area contributed by atoms with Gasteiger partial charge in [-0.05, 0) is 51.2 Å². The number of likely N-dealkylation sites (N-methyl/N-ethyl adjacent to an activating group) is 1. The summed E-state index contributed by atoms with van der Waals surface area (Å²) in [5.74, 6) is 0.762. The summed E-state index contributed by atoms with van der Waals surface area (Å²) in [7, 11) is 5.52. The first-order valence-corrected chi connectivity index (χ1v) is 5.43. The van der Waals surface area contributed by atoms with E-state index in [1.165, 1.54) is 11.1 Å². The highest BCUT2D eigenvalue weighted by Crippen LogP contribution is 2.28. The lowest BCUT2D eigenvalue weighted by Gasteiger charge is -2.19. The van der Waals surface area contributed by atoms with Crippen LogP contribution in [0.25, 0.3) is 0 Å². The van der Waals surface area contributed by atoms with E-state index in [0.29, 0.717) is 6.54 Å². The fraction of sp³-hybridized carbons (Fsp3) is 0.538. The zero-order valence-corrected chi connectivity index (χ0v) is 10.7. The van der Waals surface area contributed by atoms with Crippen molar-refractivity contribution in [2.75, 3.05) is 27.7 Å². The molecular weight excluding hydrogens is 202 g/mol. The molecule has 1 atom stereocenters. The van der Waals surface area contributed by atoms with Gasteiger partial charge in [-0.15, -0.1) is 0 Å². The molecule has 0 saturated carbocycles. The van der Waals surface area contributed by atoms with Crippen molar-refractivity contribution in [1.82, 2.24) is 4.90 Å². The maximum atomic E-state index is 10.1. The first-order chi connectivity index (χ1) is 7.45. The molecule has 0 saturated heterocycles. The first-order valence-electron chi connectivity index (χ1n) is 5.43. The lowest BCUT2D eigenvalue weighted by atomic mass is 10.0. The number of aryl methyl sites for hydroxylation is 2. The van der Waals surface area contributed by atoms with Crippen LogP contribution in [0.5, 0.6) is 5.75 Å². The number of benzene rings is 1. The summed E-state index contributed by atoms with van der Waals surface area (Å²) in [6, 6.07) is 3.98. The van der Waals surface area contributed by atoms with Gasteiger partial charge in [-0.25, -0.2) is 0 Å². The molecule has 0 radical (unpaired) electrons. The second-order valence-electron chi connectivity index (χ2n) is 4.46. The van der Waals surface area contributed by atoms with E-state index in [4.69, 9.17) is 4.74 Å². The van der Waals surface area contributed by atoms with Crippen molar-refractivity contribution in [1.29, 1.82) is 0 Å². The molecule has 0 amide bonds. The summed E-state index contributed by atoms with van der Waals surface area (Å²) < 4.78 is 5.31. The smallest absolute Gasteiger partial charge is 0.124 e. The van der Waals surface area contributed by atoms with Crippen molar-refractivity contribution in [3.63, 3.8) is 0 Å². The van der Waals surface area contributed by atoms with Gasteiger partial charge in [-0.1, -0.05) is 0 Å². The first kappa shape index (κ1) is 13.0. The van der Waals surface area contributed by atoms with E-state index in [-0.39, 0.29) is 0 Å². The Hall–Kier alpha value is -1.06. The van der Waals surface area contributed by atoms with Crippen LogP contribution in [-0.4, -0.2) is 37.8 Å². The van der Waals surface area contributed by atoms with Crippen LogP contribution in [0.2, 0.25) is 0 Å². The number of methoxy groups -OCH3 is 1. The van der Waals surface area contributed by atoms with Gasteiger partial charge in [0.05, 0.1) is 13.2 Å². The maximum absolute atomic E-state index is 10.1. The van der Waals surface area contributed by atoms with E-state index < -0.39 is 6.10 Å². The van der Waals surface area contributed by atoms with Gasteiger partial charge < -0.3 is 14.7 Å². The number of hydrogen-bond donors (Lipinski definition) is 1. The Morgan fingerprint density at radius 3 is 2.31 bits per heavy atom. The van der Waals surface area contributed by atoms with Crippen molar-refractivity contribution >= 4 is 0 Å². The van der Waals surface area contributed by atoms with Gasteiger partial charge in [0, 0.05) is 12.1 Å². The molecule has 1 aromatic carbocycles. The third-order valence-corrected chi connectivity index (χ3v) is 2.74. The molecule has 0 aromatic heterocycles. The van der Waals surface area contributed by atoms with Crippen LogP contribution in [0.1, 0.15) is 22.8 Å². The molecule has 0 spiro atoms. The van der Waals surface area contributed by atoms with Crippen molar-refractivity contribution in [2.24, 2.45) is 0 Å². The number of aliphatic hydroxyl groups is 1. The predicted octanol–water partition coefficient (Wildman–Crippen LogP) is 1.91. The fourth-order valence-electron chi connectivity index (χ4n) is 1.69. The molecule has 0 aliphatic rings. The number of aliphatic hydroxyl groups excluding tert-OH is 1. The second-order valence-corrected chi connectivity index (χ2v) is 4.46. The molecule has 0 fully saturated rings. The van der Waals surface area contributed by atoms with Crippen LogP contribution >= 0.6 is 0 Å². The van der Waals surface area contributed by atoms with Crippen LogP contribution in [0.15, 0.2) is 12.1 Å². The third kappa shape index (κ3) is 2.97. The highest BCUT2D eigenvalue weighted by atomic mass is 16.5. The standard InChI is InChI=1S/C13H21NO2/c1-9-6-11(12(15)8-14(3)4)13(16-5)7-10(9)2/h6-7,12,15H,8H2,1-5H3. The molecule has 0 heterocycles. The molecule has 0 aliphatic carbocycles. The van der Waals surface area contributed by atoms with E-state index in [0.717, 1.165) is 11.3 Å². The Morgan fingerprint density at radius 1 is 1.25 bits per heavy atom. The lowest BCUT2D eigenvalue weighted by Crippen LogP contribution is -2.20. The minimum atomic E-state index is -0.510. The summed E-state index contributed by atoms with van der Waals surface area (Å²) in [4.78, 5) is 1.96. The zero-order chi connectivity index (χ0) is 12.3. The van der Waals surface area contributed by atoms with Crippen LogP contribution in [0, 0.1) is 13.8 Å². The molecule has 1 unspecified atom stereocenters. The maximum Gasteiger partial charge on any atom is 0.124 e. The molecule has 3 heteroatoms. The Balaban J connectivity index is 3.06. The Kier molecular flexibility index (Phi) is 4.33. The summed E-state index contributed by atoms with van der Waals surface area (Å²) in [6.07, 6.45) is -0.510. The zero-order valence-electron chi connectivity index (χ0n) is 10.7. The highest BCUT2D eigenvalue weighted by molar-refractivity contribution is 5.43. The van der Waals surface area contributed by atoms with Crippen LogP contribution in [0.4, 0.5) is 0 Å². The van der Waals surface area contributed by atoms with E-state index in [1.54, 1.807) is 7.11 Å². The van der Waals surface area contributed by atoms with E-state index in [1.807, 2.05) is 45.0 Å². The molecule has 90 valence electrons.